The van der Waals surface area contributed by atoms with Gasteiger partial charge < -0.3 is 10.6 Å². The molecule has 1 fully saturated rings. The zero-order valence-corrected chi connectivity index (χ0v) is 11.6. The van der Waals surface area contributed by atoms with E-state index in [1.807, 2.05) is 12.1 Å². The molecule has 1 aromatic carbocycles. The molecule has 1 saturated heterocycles. The monoisotopic (exact) mass is 264 g/mol. The van der Waals surface area contributed by atoms with E-state index in [0.717, 1.165) is 31.4 Å². The van der Waals surface area contributed by atoms with Gasteiger partial charge in [-0.15, -0.1) is 0 Å². The van der Waals surface area contributed by atoms with Gasteiger partial charge >= 0.3 is 0 Å². The van der Waals surface area contributed by atoms with E-state index in [-0.39, 0.29) is 17.8 Å². The van der Waals surface area contributed by atoms with E-state index in [4.69, 9.17) is 0 Å². The van der Waals surface area contributed by atoms with Gasteiger partial charge in [-0.3, -0.25) is 4.79 Å². The van der Waals surface area contributed by atoms with Gasteiger partial charge in [0.1, 0.15) is 5.82 Å². The highest BCUT2D eigenvalue weighted by molar-refractivity contribution is 5.81. The molecule has 1 aliphatic rings. The van der Waals surface area contributed by atoms with Crippen molar-refractivity contribution in [1.29, 1.82) is 0 Å². The Labute approximate surface area is 113 Å². The summed E-state index contributed by atoms with van der Waals surface area (Å²) in [6.45, 7) is 4.90. The molecule has 0 aromatic heterocycles. The first-order valence-corrected chi connectivity index (χ1v) is 6.84. The fraction of sp³-hybridized carbons (Fsp3) is 0.533. The summed E-state index contributed by atoms with van der Waals surface area (Å²) in [5.74, 6) is -0.0657. The number of benzene rings is 1. The lowest BCUT2D eigenvalue weighted by Gasteiger charge is -2.16. The molecule has 19 heavy (non-hydrogen) atoms. The van der Waals surface area contributed by atoms with E-state index >= 15 is 0 Å². The lowest BCUT2D eigenvalue weighted by Crippen LogP contribution is -2.42. The molecule has 1 aromatic rings. The van der Waals surface area contributed by atoms with E-state index < -0.39 is 0 Å². The highest BCUT2D eigenvalue weighted by Gasteiger charge is 2.19. The normalized spacial score (nSPS) is 19.9. The molecule has 2 rings (SSSR count). The van der Waals surface area contributed by atoms with Gasteiger partial charge in [0.15, 0.2) is 0 Å². The van der Waals surface area contributed by atoms with Crippen LogP contribution < -0.4 is 10.6 Å². The molecule has 3 nitrogen and oxygen atoms in total. The number of hydrogen-bond acceptors (Lipinski definition) is 2. The van der Waals surface area contributed by atoms with Crippen LogP contribution >= 0.6 is 0 Å². The SMILES string of the molecule is Cc1cc(CNC2CCCCNC2=O)cc(C)c1F. The summed E-state index contributed by atoms with van der Waals surface area (Å²) < 4.78 is 13.5. The standard InChI is InChI=1S/C15H21FN2O/c1-10-7-12(8-11(2)14(10)16)9-18-13-5-3-4-6-17-15(13)19/h7-8,13,18H,3-6,9H2,1-2H3,(H,17,19). The average Bonchev–Trinajstić information content (AvgIpc) is 2.58. The molecule has 0 radical (unpaired) electrons. The van der Waals surface area contributed by atoms with E-state index in [0.29, 0.717) is 17.7 Å². The Morgan fingerprint density at radius 2 is 2.00 bits per heavy atom. The predicted molar refractivity (Wildman–Crippen MR) is 73.4 cm³/mol. The minimum Gasteiger partial charge on any atom is -0.355 e. The smallest absolute Gasteiger partial charge is 0.237 e. The molecule has 2 N–H and O–H groups in total. The molecular formula is C15H21FN2O. The molecule has 1 heterocycles. The third-order valence-electron chi connectivity index (χ3n) is 3.58. The number of nitrogens with one attached hydrogen (secondary N) is 2. The van der Waals surface area contributed by atoms with Crippen LogP contribution in [0.3, 0.4) is 0 Å². The highest BCUT2D eigenvalue weighted by Crippen LogP contribution is 2.15. The molecule has 104 valence electrons. The maximum absolute atomic E-state index is 13.5. The van der Waals surface area contributed by atoms with E-state index in [9.17, 15) is 9.18 Å². The van der Waals surface area contributed by atoms with Crippen LogP contribution in [0, 0.1) is 19.7 Å². The summed E-state index contributed by atoms with van der Waals surface area (Å²) in [6.07, 6.45) is 2.96. The Morgan fingerprint density at radius 1 is 1.32 bits per heavy atom. The average molecular weight is 264 g/mol. The molecule has 1 atom stereocenters. The van der Waals surface area contributed by atoms with Crippen LogP contribution in [0.5, 0.6) is 0 Å². The van der Waals surface area contributed by atoms with Gasteiger partial charge in [-0.05, 0) is 49.8 Å². The van der Waals surface area contributed by atoms with Crippen molar-refractivity contribution < 1.29 is 9.18 Å². The third kappa shape index (κ3) is 3.53. The van der Waals surface area contributed by atoms with Gasteiger partial charge in [-0.1, -0.05) is 12.1 Å². The van der Waals surface area contributed by atoms with Crippen LogP contribution in [0.4, 0.5) is 4.39 Å². The maximum Gasteiger partial charge on any atom is 0.237 e. The van der Waals surface area contributed by atoms with Crippen LogP contribution in [0.15, 0.2) is 12.1 Å². The fourth-order valence-electron chi connectivity index (χ4n) is 2.51. The predicted octanol–water partition coefficient (Wildman–Crippen LogP) is 2.20. The lowest BCUT2D eigenvalue weighted by molar-refractivity contribution is -0.122. The molecule has 0 saturated carbocycles. The van der Waals surface area contributed by atoms with Gasteiger partial charge in [-0.25, -0.2) is 4.39 Å². The molecule has 0 aliphatic carbocycles. The first-order valence-electron chi connectivity index (χ1n) is 6.84. The van der Waals surface area contributed by atoms with Crippen molar-refractivity contribution in [3.63, 3.8) is 0 Å². The zero-order chi connectivity index (χ0) is 13.8. The van der Waals surface area contributed by atoms with Crippen molar-refractivity contribution in [1.82, 2.24) is 10.6 Å². The summed E-state index contributed by atoms with van der Waals surface area (Å²) in [6, 6.07) is 3.54. The van der Waals surface area contributed by atoms with Crippen LogP contribution in [0.2, 0.25) is 0 Å². The summed E-state index contributed by atoms with van der Waals surface area (Å²) in [5.41, 5.74) is 2.33. The van der Waals surface area contributed by atoms with Crippen molar-refractivity contribution in [3.05, 3.63) is 34.6 Å². The van der Waals surface area contributed by atoms with E-state index in [1.54, 1.807) is 13.8 Å². The largest absolute Gasteiger partial charge is 0.355 e. The highest BCUT2D eigenvalue weighted by atomic mass is 19.1. The number of rotatable bonds is 3. The molecule has 4 heteroatoms. The number of hydrogen-bond donors (Lipinski definition) is 2. The molecule has 1 aliphatic heterocycles. The van der Waals surface area contributed by atoms with Crippen LogP contribution in [0.1, 0.15) is 36.0 Å². The van der Waals surface area contributed by atoms with Gasteiger partial charge in [0.05, 0.1) is 6.04 Å². The second-order valence-corrected chi connectivity index (χ2v) is 5.26. The van der Waals surface area contributed by atoms with Crippen molar-refractivity contribution in [2.75, 3.05) is 6.54 Å². The zero-order valence-electron chi connectivity index (χ0n) is 11.6. The topological polar surface area (TPSA) is 41.1 Å². The van der Waals surface area contributed by atoms with E-state index in [1.165, 1.54) is 0 Å². The van der Waals surface area contributed by atoms with Gasteiger partial charge in [0.2, 0.25) is 5.91 Å². The summed E-state index contributed by atoms with van der Waals surface area (Å²) in [5, 5.41) is 6.17. The Morgan fingerprint density at radius 3 is 2.68 bits per heavy atom. The second-order valence-electron chi connectivity index (χ2n) is 5.26. The fourth-order valence-corrected chi connectivity index (χ4v) is 2.51. The van der Waals surface area contributed by atoms with Crippen molar-refractivity contribution in [3.8, 4) is 0 Å². The Bertz CT molecular complexity index is 450. The number of halogens is 1. The molecule has 1 amide bonds. The number of carbonyl (C=O) groups is 1. The van der Waals surface area contributed by atoms with Crippen LogP contribution in [0.25, 0.3) is 0 Å². The molecular weight excluding hydrogens is 243 g/mol. The van der Waals surface area contributed by atoms with Crippen molar-refractivity contribution in [2.45, 2.75) is 45.7 Å². The molecule has 0 spiro atoms. The number of carbonyl (C=O) groups excluding carboxylic acids is 1. The minimum atomic E-state index is -0.143. The summed E-state index contributed by atoms with van der Waals surface area (Å²) >= 11 is 0. The number of amides is 1. The molecule has 0 bridgehead atoms. The van der Waals surface area contributed by atoms with Crippen LogP contribution in [-0.4, -0.2) is 18.5 Å². The van der Waals surface area contributed by atoms with Crippen molar-refractivity contribution >= 4 is 5.91 Å². The second kappa shape index (κ2) is 6.15. The quantitative estimate of drug-likeness (QED) is 0.878. The third-order valence-corrected chi connectivity index (χ3v) is 3.58. The Kier molecular flexibility index (Phi) is 4.53. The van der Waals surface area contributed by atoms with E-state index in [2.05, 4.69) is 10.6 Å². The first-order chi connectivity index (χ1) is 9.08. The summed E-state index contributed by atoms with van der Waals surface area (Å²) in [7, 11) is 0. The number of aryl methyl sites for hydroxylation is 2. The minimum absolute atomic E-state index is 0.0769. The van der Waals surface area contributed by atoms with Crippen molar-refractivity contribution in [2.24, 2.45) is 0 Å². The van der Waals surface area contributed by atoms with Crippen LogP contribution in [-0.2, 0) is 11.3 Å². The Balaban J connectivity index is 2.00. The van der Waals surface area contributed by atoms with Gasteiger partial charge in [-0.2, -0.15) is 0 Å². The maximum atomic E-state index is 13.5. The Hall–Kier alpha value is -1.42. The lowest BCUT2D eigenvalue weighted by atomic mass is 10.1. The first kappa shape index (κ1) is 14.0. The summed E-state index contributed by atoms with van der Waals surface area (Å²) in [4.78, 5) is 11.8. The molecule has 1 unspecified atom stereocenters. The van der Waals surface area contributed by atoms with Gasteiger partial charge in [0.25, 0.3) is 0 Å². The van der Waals surface area contributed by atoms with Gasteiger partial charge in [0, 0.05) is 13.1 Å².